The number of pyridine rings is 1. The van der Waals surface area contributed by atoms with Crippen LogP contribution in [0.4, 0.5) is 5.69 Å². The molecule has 0 spiro atoms. The molecule has 2 heteroatoms. The Hall–Kier alpha value is -2.74. The molecule has 1 heterocycles. The highest BCUT2D eigenvalue weighted by Gasteiger charge is 2.07. The van der Waals surface area contributed by atoms with Crippen LogP contribution in [0.25, 0.3) is 11.3 Å². The van der Waals surface area contributed by atoms with Gasteiger partial charge in [0.05, 0.1) is 22.8 Å². The standard InChI is InChI=1S/C22H22N2/c1-16(2)19-12-7-8-13-22(19)23-17(3)20-14-9-15-21(24-20)18-10-5-4-6-11-18/h4-16H,1-3H3. The lowest BCUT2D eigenvalue weighted by Crippen LogP contribution is -2.00. The quantitative estimate of drug-likeness (QED) is 0.541. The third-order valence-corrected chi connectivity index (χ3v) is 4.04. The van der Waals surface area contributed by atoms with Gasteiger partial charge in [-0.2, -0.15) is 0 Å². The van der Waals surface area contributed by atoms with Gasteiger partial charge in [0.25, 0.3) is 0 Å². The Morgan fingerprint density at radius 1 is 0.833 bits per heavy atom. The molecule has 0 unspecified atom stereocenters. The van der Waals surface area contributed by atoms with Crippen molar-refractivity contribution < 1.29 is 0 Å². The molecule has 0 aliphatic carbocycles. The molecular weight excluding hydrogens is 292 g/mol. The van der Waals surface area contributed by atoms with Gasteiger partial charge < -0.3 is 0 Å². The molecule has 2 aromatic carbocycles. The van der Waals surface area contributed by atoms with E-state index in [2.05, 4.69) is 44.2 Å². The van der Waals surface area contributed by atoms with E-state index in [9.17, 15) is 0 Å². The predicted octanol–water partition coefficient (Wildman–Crippen LogP) is 6.01. The van der Waals surface area contributed by atoms with Gasteiger partial charge in [-0.15, -0.1) is 0 Å². The molecule has 0 saturated carbocycles. The summed E-state index contributed by atoms with van der Waals surface area (Å²) >= 11 is 0. The molecule has 120 valence electrons. The molecule has 1 aromatic heterocycles. The van der Waals surface area contributed by atoms with Crippen LogP contribution in [-0.2, 0) is 0 Å². The SMILES string of the molecule is CC(=Nc1ccccc1C(C)C)c1cccc(-c2ccccc2)n1. The van der Waals surface area contributed by atoms with E-state index in [1.807, 2.05) is 49.4 Å². The van der Waals surface area contributed by atoms with Crippen molar-refractivity contribution in [1.82, 2.24) is 4.98 Å². The number of benzene rings is 2. The molecule has 0 saturated heterocycles. The fourth-order valence-electron chi connectivity index (χ4n) is 2.72. The van der Waals surface area contributed by atoms with Crippen LogP contribution in [0.1, 0.15) is 37.9 Å². The molecule has 0 N–H and O–H groups in total. The predicted molar refractivity (Wildman–Crippen MR) is 102 cm³/mol. The molecule has 3 aromatic rings. The van der Waals surface area contributed by atoms with Crippen molar-refractivity contribution >= 4 is 11.4 Å². The Morgan fingerprint density at radius 3 is 2.29 bits per heavy atom. The van der Waals surface area contributed by atoms with E-state index < -0.39 is 0 Å². The topological polar surface area (TPSA) is 25.2 Å². The Kier molecular flexibility index (Phi) is 4.85. The summed E-state index contributed by atoms with van der Waals surface area (Å²) < 4.78 is 0. The van der Waals surface area contributed by atoms with Crippen molar-refractivity contribution in [3.05, 3.63) is 84.1 Å². The maximum atomic E-state index is 4.84. The Balaban J connectivity index is 1.98. The highest BCUT2D eigenvalue weighted by molar-refractivity contribution is 5.99. The van der Waals surface area contributed by atoms with Gasteiger partial charge in [-0.3, -0.25) is 4.99 Å². The maximum absolute atomic E-state index is 4.84. The lowest BCUT2D eigenvalue weighted by Gasteiger charge is -2.10. The van der Waals surface area contributed by atoms with Crippen LogP contribution < -0.4 is 0 Å². The van der Waals surface area contributed by atoms with E-state index in [4.69, 9.17) is 9.98 Å². The fraction of sp³-hybridized carbons (Fsp3) is 0.182. The molecule has 0 aliphatic heterocycles. The van der Waals surface area contributed by atoms with Gasteiger partial charge in [0.1, 0.15) is 0 Å². The Bertz CT molecular complexity index is 849. The van der Waals surface area contributed by atoms with Gasteiger partial charge in [0.2, 0.25) is 0 Å². The summed E-state index contributed by atoms with van der Waals surface area (Å²) in [5.74, 6) is 0.446. The number of hydrogen-bond donors (Lipinski definition) is 0. The summed E-state index contributed by atoms with van der Waals surface area (Å²) in [6.07, 6.45) is 0. The first-order chi connectivity index (χ1) is 11.6. The lowest BCUT2D eigenvalue weighted by molar-refractivity contribution is 0.867. The zero-order chi connectivity index (χ0) is 16.9. The molecule has 0 fully saturated rings. The van der Waals surface area contributed by atoms with Crippen LogP contribution in [0.2, 0.25) is 0 Å². The number of aliphatic imine (C=N–C) groups is 1. The molecule has 2 nitrogen and oxygen atoms in total. The van der Waals surface area contributed by atoms with Gasteiger partial charge in [-0.25, -0.2) is 4.98 Å². The zero-order valence-corrected chi connectivity index (χ0v) is 14.4. The largest absolute Gasteiger partial charge is 0.251 e. The third kappa shape index (κ3) is 3.60. The lowest BCUT2D eigenvalue weighted by atomic mass is 10.0. The summed E-state index contributed by atoms with van der Waals surface area (Å²) in [4.78, 5) is 9.62. The first kappa shape index (κ1) is 16.1. The van der Waals surface area contributed by atoms with Gasteiger partial charge in [0, 0.05) is 5.56 Å². The van der Waals surface area contributed by atoms with E-state index in [0.29, 0.717) is 5.92 Å². The highest BCUT2D eigenvalue weighted by Crippen LogP contribution is 2.27. The van der Waals surface area contributed by atoms with Crippen molar-refractivity contribution in [3.8, 4) is 11.3 Å². The minimum atomic E-state index is 0.446. The average Bonchev–Trinajstić information content (AvgIpc) is 2.63. The molecule has 3 rings (SSSR count). The van der Waals surface area contributed by atoms with Crippen molar-refractivity contribution in [2.45, 2.75) is 26.7 Å². The number of rotatable bonds is 4. The van der Waals surface area contributed by atoms with Gasteiger partial charge in [-0.05, 0) is 36.6 Å². The number of hydrogen-bond acceptors (Lipinski definition) is 2. The summed E-state index contributed by atoms with van der Waals surface area (Å²) in [7, 11) is 0. The average molecular weight is 314 g/mol. The minimum Gasteiger partial charge on any atom is -0.251 e. The molecule has 0 aliphatic rings. The monoisotopic (exact) mass is 314 g/mol. The van der Waals surface area contributed by atoms with Crippen LogP contribution in [0, 0.1) is 0 Å². The second-order valence-corrected chi connectivity index (χ2v) is 6.18. The number of para-hydroxylation sites is 1. The van der Waals surface area contributed by atoms with E-state index in [0.717, 1.165) is 28.4 Å². The van der Waals surface area contributed by atoms with Crippen LogP contribution in [0.15, 0.2) is 77.8 Å². The fourth-order valence-corrected chi connectivity index (χ4v) is 2.72. The van der Waals surface area contributed by atoms with Crippen LogP contribution in [-0.4, -0.2) is 10.7 Å². The van der Waals surface area contributed by atoms with E-state index in [-0.39, 0.29) is 0 Å². The molecule has 0 radical (unpaired) electrons. The third-order valence-electron chi connectivity index (χ3n) is 4.04. The van der Waals surface area contributed by atoms with Crippen molar-refractivity contribution in [1.29, 1.82) is 0 Å². The van der Waals surface area contributed by atoms with E-state index >= 15 is 0 Å². The minimum absolute atomic E-state index is 0.446. The smallest absolute Gasteiger partial charge is 0.0849 e. The molecule has 0 amide bonds. The maximum Gasteiger partial charge on any atom is 0.0849 e. The van der Waals surface area contributed by atoms with Crippen LogP contribution in [0.3, 0.4) is 0 Å². The molecule has 0 bridgehead atoms. The molecular formula is C22H22N2. The Morgan fingerprint density at radius 2 is 1.54 bits per heavy atom. The van der Waals surface area contributed by atoms with E-state index in [1.54, 1.807) is 0 Å². The van der Waals surface area contributed by atoms with Gasteiger partial charge >= 0.3 is 0 Å². The van der Waals surface area contributed by atoms with Gasteiger partial charge in [0.15, 0.2) is 0 Å². The Labute approximate surface area is 143 Å². The zero-order valence-electron chi connectivity index (χ0n) is 14.4. The first-order valence-corrected chi connectivity index (χ1v) is 8.32. The number of aromatic nitrogens is 1. The molecule has 0 atom stereocenters. The van der Waals surface area contributed by atoms with Crippen molar-refractivity contribution in [3.63, 3.8) is 0 Å². The summed E-state index contributed by atoms with van der Waals surface area (Å²) in [6.45, 7) is 6.41. The van der Waals surface area contributed by atoms with Crippen molar-refractivity contribution in [2.24, 2.45) is 4.99 Å². The van der Waals surface area contributed by atoms with Crippen LogP contribution >= 0.6 is 0 Å². The normalized spacial score (nSPS) is 11.8. The first-order valence-electron chi connectivity index (χ1n) is 8.32. The highest BCUT2D eigenvalue weighted by atomic mass is 14.8. The summed E-state index contributed by atoms with van der Waals surface area (Å²) in [5.41, 5.74) is 6.22. The molecule has 24 heavy (non-hydrogen) atoms. The van der Waals surface area contributed by atoms with Gasteiger partial charge in [-0.1, -0.05) is 68.4 Å². The second kappa shape index (κ2) is 7.22. The second-order valence-electron chi connectivity index (χ2n) is 6.18. The van der Waals surface area contributed by atoms with E-state index in [1.165, 1.54) is 5.56 Å². The summed E-state index contributed by atoms with van der Waals surface area (Å²) in [6, 6.07) is 24.6. The van der Waals surface area contributed by atoms with Crippen molar-refractivity contribution in [2.75, 3.05) is 0 Å². The summed E-state index contributed by atoms with van der Waals surface area (Å²) in [5, 5.41) is 0. The van der Waals surface area contributed by atoms with Crippen LogP contribution in [0.5, 0.6) is 0 Å². The number of nitrogens with zero attached hydrogens (tertiary/aromatic N) is 2.